The van der Waals surface area contributed by atoms with Gasteiger partial charge in [-0.1, -0.05) is 45.9 Å². The van der Waals surface area contributed by atoms with Gasteiger partial charge >= 0.3 is 0 Å². The van der Waals surface area contributed by atoms with Crippen LogP contribution >= 0.6 is 0 Å². The summed E-state index contributed by atoms with van der Waals surface area (Å²) < 4.78 is 6.04. The molecule has 2 heteroatoms. The minimum absolute atomic E-state index is 0.329. The zero-order valence-electron chi connectivity index (χ0n) is 11.5. The fraction of sp³-hybridized carbons (Fsp3) is 0.600. The van der Waals surface area contributed by atoms with Crippen molar-refractivity contribution >= 4 is 0 Å². The largest absolute Gasteiger partial charge is 0.490 e. The van der Waals surface area contributed by atoms with Crippen LogP contribution in [0.15, 0.2) is 24.3 Å². The smallest absolute Gasteiger partial charge is 0.124 e. The lowest BCUT2D eigenvalue weighted by Gasteiger charge is -2.19. The molecule has 0 aliphatic heterocycles. The second-order valence-electron chi connectivity index (χ2n) is 4.70. The summed E-state index contributed by atoms with van der Waals surface area (Å²) in [5, 5.41) is 3.43. The third kappa shape index (κ3) is 4.78. The molecule has 0 amide bonds. The molecule has 0 radical (unpaired) electrons. The molecule has 1 aromatic carbocycles. The summed E-state index contributed by atoms with van der Waals surface area (Å²) in [6.45, 7) is 9.52. The van der Waals surface area contributed by atoms with Crippen LogP contribution in [0.1, 0.15) is 46.1 Å². The second kappa shape index (κ2) is 7.33. The Morgan fingerprint density at radius 2 is 1.76 bits per heavy atom. The molecule has 0 unspecified atom stereocenters. The molecular weight excluding hydrogens is 210 g/mol. The third-order valence-electron chi connectivity index (χ3n) is 2.88. The molecule has 0 saturated heterocycles. The van der Waals surface area contributed by atoms with Gasteiger partial charge in [0.2, 0.25) is 0 Å². The van der Waals surface area contributed by atoms with Gasteiger partial charge < -0.3 is 10.1 Å². The molecule has 2 nitrogen and oxygen atoms in total. The van der Waals surface area contributed by atoms with Gasteiger partial charge in [-0.05, 0) is 18.9 Å². The minimum Gasteiger partial charge on any atom is -0.490 e. The van der Waals surface area contributed by atoms with Gasteiger partial charge in [0.25, 0.3) is 0 Å². The maximum atomic E-state index is 6.04. The first-order chi connectivity index (χ1) is 8.17. The Morgan fingerprint density at radius 1 is 1.12 bits per heavy atom. The van der Waals surface area contributed by atoms with E-state index in [0.29, 0.717) is 12.1 Å². The van der Waals surface area contributed by atoms with Gasteiger partial charge in [0.1, 0.15) is 5.75 Å². The van der Waals surface area contributed by atoms with Crippen molar-refractivity contribution in [3.05, 3.63) is 29.8 Å². The average Bonchev–Trinajstić information content (AvgIpc) is 2.34. The Bertz CT molecular complexity index is 318. The van der Waals surface area contributed by atoms with Gasteiger partial charge in [-0.15, -0.1) is 0 Å². The van der Waals surface area contributed by atoms with Gasteiger partial charge in [0.05, 0.1) is 6.10 Å². The van der Waals surface area contributed by atoms with Crippen LogP contribution in [0.5, 0.6) is 5.75 Å². The van der Waals surface area contributed by atoms with Gasteiger partial charge in [-0.25, -0.2) is 0 Å². The predicted octanol–water partition coefficient (Wildman–Crippen LogP) is 3.75. The molecule has 0 bridgehead atoms. The van der Waals surface area contributed by atoms with Crippen molar-refractivity contribution in [2.45, 2.75) is 59.2 Å². The molecule has 0 spiro atoms. The molecular formula is C15H25NO. The molecule has 0 aliphatic rings. The zero-order chi connectivity index (χ0) is 12.7. The monoisotopic (exact) mass is 235 g/mol. The summed E-state index contributed by atoms with van der Waals surface area (Å²) in [7, 11) is 0. The van der Waals surface area contributed by atoms with Gasteiger partial charge in [0, 0.05) is 18.2 Å². The first kappa shape index (κ1) is 14.0. The van der Waals surface area contributed by atoms with E-state index in [1.807, 2.05) is 6.07 Å². The topological polar surface area (TPSA) is 21.3 Å². The molecule has 0 heterocycles. The molecule has 17 heavy (non-hydrogen) atoms. The molecule has 0 saturated carbocycles. The van der Waals surface area contributed by atoms with E-state index in [0.717, 1.165) is 25.1 Å². The number of nitrogens with one attached hydrogen (secondary N) is 1. The number of hydrogen-bond acceptors (Lipinski definition) is 2. The van der Waals surface area contributed by atoms with E-state index in [9.17, 15) is 0 Å². The zero-order valence-corrected chi connectivity index (χ0v) is 11.5. The van der Waals surface area contributed by atoms with Crippen molar-refractivity contribution in [3.63, 3.8) is 0 Å². The van der Waals surface area contributed by atoms with Crippen LogP contribution in [0.25, 0.3) is 0 Å². The standard InChI is InChI=1S/C15H25NO/c1-5-14(6-2)17-15-10-8-7-9-13(15)11-16-12(3)4/h7-10,12,14,16H,5-6,11H2,1-4H3. The van der Waals surface area contributed by atoms with Gasteiger partial charge in [-0.3, -0.25) is 0 Å². The third-order valence-corrected chi connectivity index (χ3v) is 2.88. The normalized spacial score (nSPS) is 11.2. The molecule has 0 aliphatic carbocycles. The van der Waals surface area contributed by atoms with Crippen LogP contribution < -0.4 is 10.1 Å². The van der Waals surface area contributed by atoms with E-state index in [1.54, 1.807) is 0 Å². The number of ether oxygens (including phenoxy) is 1. The van der Waals surface area contributed by atoms with Crippen LogP contribution in [0, 0.1) is 0 Å². The fourth-order valence-corrected chi connectivity index (χ4v) is 1.71. The number of hydrogen-bond donors (Lipinski definition) is 1. The first-order valence-corrected chi connectivity index (χ1v) is 6.65. The van der Waals surface area contributed by atoms with E-state index < -0.39 is 0 Å². The lowest BCUT2D eigenvalue weighted by Crippen LogP contribution is -2.23. The molecule has 1 rings (SSSR count). The maximum absolute atomic E-state index is 6.04. The van der Waals surface area contributed by atoms with Crippen LogP contribution in [-0.4, -0.2) is 12.1 Å². The van der Waals surface area contributed by atoms with Crippen LogP contribution in [0.3, 0.4) is 0 Å². The molecule has 0 atom stereocenters. The molecule has 1 N–H and O–H groups in total. The number of para-hydroxylation sites is 1. The predicted molar refractivity (Wildman–Crippen MR) is 73.4 cm³/mol. The fourth-order valence-electron chi connectivity index (χ4n) is 1.71. The van der Waals surface area contributed by atoms with Crippen molar-refractivity contribution in [1.82, 2.24) is 5.32 Å². The summed E-state index contributed by atoms with van der Waals surface area (Å²) in [4.78, 5) is 0. The average molecular weight is 235 g/mol. The Hall–Kier alpha value is -1.02. The van der Waals surface area contributed by atoms with E-state index in [1.165, 1.54) is 5.56 Å². The lowest BCUT2D eigenvalue weighted by atomic mass is 10.1. The summed E-state index contributed by atoms with van der Waals surface area (Å²) >= 11 is 0. The van der Waals surface area contributed by atoms with E-state index >= 15 is 0 Å². The second-order valence-corrected chi connectivity index (χ2v) is 4.70. The van der Waals surface area contributed by atoms with Crippen molar-refractivity contribution in [3.8, 4) is 5.75 Å². The molecule has 1 aromatic rings. The maximum Gasteiger partial charge on any atom is 0.124 e. The van der Waals surface area contributed by atoms with E-state index in [2.05, 4.69) is 51.2 Å². The van der Waals surface area contributed by atoms with Crippen LogP contribution in [-0.2, 0) is 6.54 Å². The van der Waals surface area contributed by atoms with E-state index in [4.69, 9.17) is 4.74 Å². The van der Waals surface area contributed by atoms with Crippen molar-refractivity contribution in [1.29, 1.82) is 0 Å². The van der Waals surface area contributed by atoms with Crippen LogP contribution in [0.2, 0.25) is 0 Å². The molecule has 0 aromatic heterocycles. The van der Waals surface area contributed by atoms with Crippen molar-refractivity contribution < 1.29 is 4.74 Å². The summed E-state index contributed by atoms with van der Waals surface area (Å²) in [6.07, 6.45) is 2.44. The van der Waals surface area contributed by atoms with E-state index in [-0.39, 0.29) is 0 Å². The highest BCUT2D eigenvalue weighted by molar-refractivity contribution is 5.33. The van der Waals surface area contributed by atoms with Crippen molar-refractivity contribution in [2.24, 2.45) is 0 Å². The minimum atomic E-state index is 0.329. The molecule has 0 fully saturated rings. The summed E-state index contributed by atoms with van der Waals surface area (Å²) in [6, 6.07) is 8.80. The molecule has 96 valence electrons. The van der Waals surface area contributed by atoms with Gasteiger partial charge in [0.15, 0.2) is 0 Å². The Morgan fingerprint density at radius 3 is 2.35 bits per heavy atom. The summed E-state index contributed by atoms with van der Waals surface area (Å²) in [5.41, 5.74) is 1.24. The SMILES string of the molecule is CCC(CC)Oc1ccccc1CNC(C)C. The Kier molecular flexibility index (Phi) is 6.06. The first-order valence-electron chi connectivity index (χ1n) is 6.65. The highest BCUT2D eigenvalue weighted by Crippen LogP contribution is 2.21. The highest BCUT2D eigenvalue weighted by atomic mass is 16.5. The highest BCUT2D eigenvalue weighted by Gasteiger charge is 2.08. The quantitative estimate of drug-likeness (QED) is 0.777. The van der Waals surface area contributed by atoms with Crippen molar-refractivity contribution in [2.75, 3.05) is 0 Å². The van der Waals surface area contributed by atoms with Crippen LogP contribution in [0.4, 0.5) is 0 Å². The number of benzene rings is 1. The summed E-state index contributed by atoms with van der Waals surface area (Å²) in [5.74, 6) is 1.02. The lowest BCUT2D eigenvalue weighted by molar-refractivity contribution is 0.190. The Labute approximate surface area is 105 Å². The van der Waals surface area contributed by atoms with Gasteiger partial charge in [-0.2, -0.15) is 0 Å². The Balaban J connectivity index is 2.69. The number of rotatable bonds is 7.